The summed E-state index contributed by atoms with van der Waals surface area (Å²) in [4.78, 5) is 10.2. The fourth-order valence-electron chi connectivity index (χ4n) is 0.282. The molecule has 0 unspecified atom stereocenters. The summed E-state index contributed by atoms with van der Waals surface area (Å²) in [7, 11) is 1.04. The first-order chi connectivity index (χ1) is 4.04. The Bertz CT molecular complexity index is 107. The first kappa shape index (κ1) is 8.29. The molecule has 0 aromatic rings. The molecule has 0 atom stereocenters. The third kappa shape index (κ3) is 3.84. The smallest absolute Gasteiger partial charge is 0.317 e. The molecule has 1 N–H and O–H groups in total. The first-order valence-electron chi connectivity index (χ1n) is 2.24. The van der Waals surface area contributed by atoms with Crippen molar-refractivity contribution in [3.8, 4) is 0 Å². The number of nitrogens with zero attached hydrogens (tertiary/aromatic N) is 1. The SMILES string of the molecule is CN(CC(=O)O)C(F)F. The van der Waals surface area contributed by atoms with Crippen molar-refractivity contribution < 1.29 is 18.7 Å². The average molecular weight is 139 g/mol. The lowest BCUT2D eigenvalue weighted by Crippen LogP contribution is -2.29. The number of hydrogen-bond acceptors (Lipinski definition) is 2. The molecule has 5 heteroatoms. The zero-order chi connectivity index (χ0) is 7.44. The van der Waals surface area contributed by atoms with Crippen LogP contribution in [-0.2, 0) is 4.79 Å². The molecule has 9 heavy (non-hydrogen) atoms. The molecule has 0 bridgehead atoms. The number of halogens is 2. The predicted molar refractivity (Wildman–Crippen MR) is 26.3 cm³/mol. The van der Waals surface area contributed by atoms with E-state index in [1.54, 1.807) is 0 Å². The van der Waals surface area contributed by atoms with Crippen molar-refractivity contribution in [2.24, 2.45) is 0 Å². The maximum absolute atomic E-state index is 11.5. The van der Waals surface area contributed by atoms with Gasteiger partial charge in [-0.1, -0.05) is 0 Å². The van der Waals surface area contributed by atoms with Gasteiger partial charge in [0.15, 0.2) is 0 Å². The molecule has 3 nitrogen and oxygen atoms in total. The Morgan fingerprint density at radius 3 is 2.33 bits per heavy atom. The van der Waals surface area contributed by atoms with Crippen LogP contribution in [0.5, 0.6) is 0 Å². The fourth-order valence-corrected chi connectivity index (χ4v) is 0.282. The second kappa shape index (κ2) is 3.34. The monoisotopic (exact) mass is 139 g/mol. The van der Waals surface area contributed by atoms with E-state index in [2.05, 4.69) is 0 Å². The van der Waals surface area contributed by atoms with Crippen molar-refractivity contribution in [1.82, 2.24) is 4.90 Å². The van der Waals surface area contributed by atoms with Gasteiger partial charge in [-0.3, -0.25) is 4.79 Å². The molecule has 0 amide bonds. The normalized spacial score (nSPS) is 10.8. The Kier molecular flexibility index (Phi) is 3.08. The molecule has 0 aromatic heterocycles. The Morgan fingerprint density at radius 1 is 1.78 bits per heavy atom. The molecule has 0 aliphatic heterocycles. The van der Waals surface area contributed by atoms with E-state index in [0.717, 1.165) is 7.05 Å². The van der Waals surface area contributed by atoms with Gasteiger partial charge in [0.05, 0.1) is 0 Å². The van der Waals surface area contributed by atoms with E-state index in [1.165, 1.54) is 0 Å². The zero-order valence-electron chi connectivity index (χ0n) is 4.84. The Morgan fingerprint density at radius 2 is 2.22 bits per heavy atom. The highest BCUT2D eigenvalue weighted by Crippen LogP contribution is 1.96. The summed E-state index contributed by atoms with van der Waals surface area (Å²) >= 11 is 0. The van der Waals surface area contributed by atoms with Crippen LogP contribution in [0.25, 0.3) is 0 Å². The molecule has 0 aliphatic carbocycles. The van der Waals surface area contributed by atoms with Gasteiger partial charge in [0, 0.05) is 0 Å². The van der Waals surface area contributed by atoms with Crippen LogP contribution >= 0.6 is 0 Å². The van der Waals surface area contributed by atoms with Gasteiger partial charge in [0.2, 0.25) is 0 Å². The number of aliphatic carboxylic acids is 1. The van der Waals surface area contributed by atoms with Crippen molar-refractivity contribution in [2.75, 3.05) is 13.6 Å². The second-order valence-electron chi connectivity index (χ2n) is 1.59. The van der Waals surface area contributed by atoms with Gasteiger partial charge in [0.25, 0.3) is 6.55 Å². The summed E-state index contributed by atoms with van der Waals surface area (Å²) < 4.78 is 22.9. The van der Waals surface area contributed by atoms with Crippen LogP contribution in [0.15, 0.2) is 0 Å². The van der Waals surface area contributed by atoms with Gasteiger partial charge < -0.3 is 5.11 Å². The quantitative estimate of drug-likeness (QED) is 0.569. The van der Waals surface area contributed by atoms with Crippen molar-refractivity contribution in [1.29, 1.82) is 0 Å². The lowest BCUT2D eigenvalue weighted by molar-refractivity contribution is -0.141. The maximum Gasteiger partial charge on any atom is 0.317 e. The molecular weight excluding hydrogens is 132 g/mol. The summed E-state index contributed by atoms with van der Waals surface area (Å²) in [5.74, 6) is -1.25. The number of alkyl halides is 2. The minimum Gasteiger partial charge on any atom is -0.480 e. The second-order valence-corrected chi connectivity index (χ2v) is 1.59. The van der Waals surface area contributed by atoms with Gasteiger partial charge in [-0.2, -0.15) is 8.78 Å². The molecule has 0 spiro atoms. The highest BCUT2D eigenvalue weighted by atomic mass is 19.3. The molecule has 0 fully saturated rings. The third-order valence-electron chi connectivity index (χ3n) is 0.718. The number of rotatable bonds is 3. The van der Waals surface area contributed by atoms with Gasteiger partial charge in [-0.05, 0) is 7.05 Å². The molecular formula is C4H7F2NO2. The summed E-state index contributed by atoms with van der Waals surface area (Å²) in [6.45, 7) is -3.32. The summed E-state index contributed by atoms with van der Waals surface area (Å²) in [6.07, 6.45) is 0. The van der Waals surface area contributed by atoms with E-state index >= 15 is 0 Å². The van der Waals surface area contributed by atoms with E-state index in [-0.39, 0.29) is 0 Å². The minimum atomic E-state index is -2.69. The largest absolute Gasteiger partial charge is 0.480 e. The minimum absolute atomic E-state index is 0.433. The van der Waals surface area contributed by atoms with Crippen molar-refractivity contribution in [2.45, 2.75) is 6.55 Å². The topological polar surface area (TPSA) is 40.5 Å². The molecule has 0 aromatic carbocycles. The van der Waals surface area contributed by atoms with Gasteiger partial charge in [-0.15, -0.1) is 0 Å². The summed E-state index contributed by atoms with van der Waals surface area (Å²) in [5, 5.41) is 7.96. The predicted octanol–water partition coefficient (Wildman–Crippen LogP) is 0.225. The van der Waals surface area contributed by atoms with Crippen LogP contribution in [0.3, 0.4) is 0 Å². The number of carbonyl (C=O) groups is 1. The standard InChI is InChI=1S/C4H7F2NO2/c1-7(4(5)6)2-3(8)9/h4H,2H2,1H3,(H,8,9). The molecule has 0 radical (unpaired) electrons. The van der Waals surface area contributed by atoms with E-state index < -0.39 is 19.1 Å². The highest BCUT2D eigenvalue weighted by molar-refractivity contribution is 5.68. The van der Waals surface area contributed by atoms with Crippen molar-refractivity contribution in [3.63, 3.8) is 0 Å². The van der Waals surface area contributed by atoms with E-state index in [9.17, 15) is 13.6 Å². The van der Waals surface area contributed by atoms with E-state index in [4.69, 9.17) is 5.11 Å². The molecule has 54 valence electrons. The molecule has 0 heterocycles. The van der Waals surface area contributed by atoms with E-state index in [0.29, 0.717) is 4.90 Å². The molecule has 0 rings (SSSR count). The maximum atomic E-state index is 11.5. The Hall–Kier alpha value is -0.710. The van der Waals surface area contributed by atoms with Crippen LogP contribution < -0.4 is 0 Å². The number of likely N-dealkylation sites (N-methyl/N-ethyl adjacent to an activating group) is 1. The van der Waals surface area contributed by atoms with E-state index in [1.807, 2.05) is 0 Å². The third-order valence-corrected chi connectivity index (χ3v) is 0.718. The number of carboxylic acid groups (broad SMARTS) is 1. The Balaban J connectivity index is 3.50. The van der Waals surface area contributed by atoms with Gasteiger partial charge in [0.1, 0.15) is 6.54 Å². The van der Waals surface area contributed by atoms with Crippen molar-refractivity contribution in [3.05, 3.63) is 0 Å². The van der Waals surface area contributed by atoms with Crippen LogP contribution in [0.2, 0.25) is 0 Å². The lowest BCUT2D eigenvalue weighted by atomic mass is 10.6. The first-order valence-corrected chi connectivity index (χ1v) is 2.24. The fraction of sp³-hybridized carbons (Fsp3) is 0.750. The lowest BCUT2D eigenvalue weighted by Gasteiger charge is -2.10. The summed E-state index contributed by atoms with van der Waals surface area (Å²) in [5.41, 5.74) is 0. The van der Waals surface area contributed by atoms with Crippen LogP contribution in [-0.4, -0.2) is 36.1 Å². The highest BCUT2D eigenvalue weighted by Gasteiger charge is 2.12. The molecule has 0 saturated heterocycles. The number of hydrogen-bond donors (Lipinski definition) is 1. The molecule has 0 saturated carbocycles. The van der Waals surface area contributed by atoms with Crippen LogP contribution in [0.4, 0.5) is 8.78 Å². The molecule has 0 aliphatic rings. The number of carboxylic acids is 1. The van der Waals surface area contributed by atoms with Gasteiger partial charge >= 0.3 is 5.97 Å². The zero-order valence-corrected chi connectivity index (χ0v) is 4.84. The Labute approximate surface area is 50.9 Å². The van der Waals surface area contributed by atoms with Gasteiger partial charge in [-0.25, -0.2) is 4.90 Å². The average Bonchev–Trinajstić information content (AvgIpc) is 1.63. The van der Waals surface area contributed by atoms with Crippen molar-refractivity contribution >= 4 is 5.97 Å². The summed E-state index contributed by atoms with van der Waals surface area (Å²) in [6, 6.07) is 0. The van der Waals surface area contributed by atoms with Crippen LogP contribution in [0.1, 0.15) is 0 Å². The van der Waals surface area contributed by atoms with Crippen LogP contribution in [0, 0.1) is 0 Å².